The SMILES string of the molecule is O=C(Nc1cc2cn(C=C3CCC(OC4CNC4)CC3)nc2cc1OCC1CC1)c1cnn2cccnc12. The summed E-state index contributed by atoms with van der Waals surface area (Å²) in [5, 5.41) is 16.3. The van der Waals surface area contributed by atoms with Crippen LogP contribution in [0.5, 0.6) is 5.75 Å². The molecule has 0 bridgehead atoms. The van der Waals surface area contributed by atoms with E-state index in [1.165, 1.54) is 24.6 Å². The van der Waals surface area contributed by atoms with Crippen LogP contribution >= 0.6 is 0 Å². The molecular weight excluding hydrogens is 482 g/mol. The first kappa shape index (κ1) is 23.4. The van der Waals surface area contributed by atoms with Crippen molar-refractivity contribution in [2.75, 3.05) is 25.0 Å². The van der Waals surface area contributed by atoms with Gasteiger partial charge in [0.15, 0.2) is 5.65 Å². The Bertz CT molecular complexity index is 1510. The normalized spacial score (nSPS) is 20.0. The smallest absolute Gasteiger partial charge is 0.261 e. The van der Waals surface area contributed by atoms with Gasteiger partial charge in [0.05, 0.1) is 36.2 Å². The molecule has 1 aliphatic heterocycles. The van der Waals surface area contributed by atoms with Crippen LogP contribution in [0.4, 0.5) is 5.69 Å². The number of allylic oxidation sites excluding steroid dienone is 1. The minimum atomic E-state index is -0.277. The second-order valence-corrected chi connectivity index (χ2v) is 10.6. The lowest BCUT2D eigenvalue weighted by molar-refractivity contribution is -0.0477. The predicted molar refractivity (Wildman–Crippen MR) is 143 cm³/mol. The molecule has 7 rings (SSSR count). The molecule has 1 saturated heterocycles. The minimum absolute atomic E-state index is 0.277. The van der Waals surface area contributed by atoms with E-state index in [1.807, 2.05) is 23.0 Å². The summed E-state index contributed by atoms with van der Waals surface area (Å²) in [4.78, 5) is 17.5. The van der Waals surface area contributed by atoms with Gasteiger partial charge in [0.25, 0.3) is 5.91 Å². The number of carbonyl (C=O) groups excluding carboxylic acids is 1. The van der Waals surface area contributed by atoms with Gasteiger partial charge in [-0.2, -0.15) is 10.2 Å². The summed E-state index contributed by atoms with van der Waals surface area (Å²) in [6.07, 6.45) is 16.3. The van der Waals surface area contributed by atoms with Crippen LogP contribution in [-0.4, -0.2) is 62.2 Å². The third-order valence-corrected chi connectivity index (χ3v) is 7.59. The van der Waals surface area contributed by atoms with Crippen molar-refractivity contribution in [2.45, 2.75) is 50.7 Å². The molecule has 0 spiro atoms. The molecule has 0 atom stereocenters. The van der Waals surface area contributed by atoms with Crippen molar-refractivity contribution in [1.82, 2.24) is 29.7 Å². The van der Waals surface area contributed by atoms with Gasteiger partial charge >= 0.3 is 0 Å². The van der Waals surface area contributed by atoms with Crippen LogP contribution in [0.25, 0.3) is 22.8 Å². The van der Waals surface area contributed by atoms with Crippen molar-refractivity contribution in [3.8, 4) is 5.75 Å². The Morgan fingerprint density at radius 1 is 1.16 bits per heavy atom. The second-order valence-electron chi connectivity index (χ2n) is 10.6. The van der Waals surface area contributed by atoms with E-state index in [0.717, 1.165) is 49.7 Å². The average Bonchev–Trinajstić information content (AvgIpc) is 3.50. The fraction of sp³-hybridized carbons (Fsp3) is 0.429. The number of fused-ring (bicyclic) bond motifs is 2. The number of ether oxygens (including phenoxy) is 2. The Morgan fingerprint density at radius 3 is 2.82 bits per heavy atom. The largest absolute Gasteiger partial charge is 0.491 e. The Balaban J connectivity index is 1.11. The van der Waals surface area contributed by atoms with Gasteiger partial charge in [0.2, 0.25) is 0 Å². The maximum Gasteiger partial charge on any atom is 0.261 e. The Morgan fingerprint density at radius 2 is 2.03 bits per heavy atom. The molecule has 0 unspecified atom stereocenters. The van der Waals surface area contributed by atoms with Crippen LogP contribution in [0.2, 0.25) is 0 Å². The summed E-state index contributed by atoms with van der Waals surface area (Å²) in [7, 11) is 0. The van der Waals surface area contributed by atoms with E-state index in [-0.39, 0.29) is 5.91 Å². The molecule has 10 nitrogen and oxygen atoms in total. The summed E-state index contributed by atoms with van der Waals surface area (Å²) in [6.45, 7) is 2.59. The van der Waals surface area contributed by atoms with Crippen LogP contribution in [0.1, 0.15) is 48.9 Å². The van der Waals surface area contributed by atoms with Gasteiger partial charge in [-0.1, -0.05) is 5.57 Å². The van der Waals surface area contributed by atoms with Gasteiger partial charge in [0, 0.05) is 49.3 Å². The van der Waals surface area contributed by atoms with Gasteiger partial charge < -0.3 is 20.1 Å². The number of anilines is 1. The quantitative estimate of drug-likeness (QED) is 0.368. The van der Waals surface area contributed by atoms with Gasteiger partial charge in [-0.15, -0.1) is 0 Å². The molecule has 3 fully saturated rings. The van der Waals surface area contributed by atoms with Crippen LogP contribution < -0.4 is 15.4 Å². The number of hydrogen-bond acceptors (Lipinski definition) is 7. The average molecular weight is 514 g/mol. The molecular formula is C28H31N7O3. The molecule has 2 aliphatic carbocycles. The number of nitrogens with zero attached hydrogens (tertiary/aromatic N) is 5. The highest BCUT2D eigenvalue weighted by Crippen LogP contribution is 2.35. The number of amides is 1. The maximum absolute atomic E-state index is 13.2. The maximum atomic E-state index is 13.2. The number of benzene rings is 1. The summed E-state index contributed by atoms with van der Waals surface area (Å²) in [5.41, 5.74) is 3.75. The predicted octanol–water partition coefficient (Wildman–Crippen LogP) is 3.89. The van der Waals surface area contributed by atoms with Gasteiger partial charge in [-0.25, -0.2) is 14.2 Å². The first-order valence-corrected chi connectivity index (χ1v) is 13.5. The molecule has 2 N–H and O–H groups in total. The van der Waals surface area contributed by atoms with Gasteiger partial charge in [-0.05, 0) is 56.6 Å². The van der Waals surface area contributed by atoms with E-state index in [0.29, 0.717) is 47.4 Å². The highest BCUT2D eigenvalue weighted by molar-refractivity contribution is 6.09. The van der Waals surface area contributed by atoms with Crippen molar-refractivity contribution in [2.24, 2.45) is 5.92 Å². The lowest BCUT2D eigenvalue weighted by Crippen LogP contribution is -2.50. The zero-order chi connectivity index (χ0) is 25.5. The van der Waals surface area contributed by atoms with Crippen LogP contribution in [0, 0.1) is 5.92 Å². The lowest BCUT2D eigenvalue weighted by Gasteiger charge is -2.33. The van der Waals surface area contributed by atoms with E-state index in [4.69, 9.17) is 14.6 Å². The molecule has 1 amide bonds. The van der Waals surface area contributed by atoms with E-state index in [9.17, 15) is 4.79 Å². The fourth-order valence-corrected chi connectivity index (χ4v) is 5.07. The number of nitrogens with one attached hydrogen (secondary N) is 2. The summed E-state index contributed by atoms with van der Waals surface area (Å²) < 4.78 is 15.8. The summed E-state index contributed by atoms with van der Waals surface area (Å²) in [5.74, 6) is 0.934. The molecule has 4 aromatic rings. The summed E-state index contributed by atoms with van der Waals surface area (Å²) in [6, 6.07) is 5.64. The molecule has 3 aromatic heterocycles. The fourth-order valence-electron chi connectivity index (χ4n) is 5.07. The zero-order valence-corrected chi connectivity index (χ0v) is 21.2. The molecule has 38 heavy (non-hydrogen) atoms. The number of hydrogen-bond donors (Lipinski definition) is 2. The molecule has 196 valence electrons. The Labute approximate surface area is 220 Å². The van der Waals surface area contributed by atoms with E-state index < -0.39 is 0 Å². The number of aromatic nitrogens is 5. The molecule has 2 saturated carbocycles. The highest BCUT2D eigenvalue weighted by atomic mass is 16.5. The minimum Gasteiger partial charge on any atom is -0.491 e. The van der Waals surface area contributed by atoms with Gasteiger partial charge in [-0.3, -0.25) is 4.79 Å². The van der Waals surface area contributed by atoms with E-state index >= 15 is 0 Å². The van der Waals surface area contributed by atoms with Crippen LogP contribution in [-0.2, 0) is 4.74 Å². The van der Waals surface area contributed by atoms with Crippen molar-refractivity contribution in [3.05, 3.63) is 54.1 Å². The molecule has 0 radical (unpaired) electrons. The van der Waals surface area contributed by atoms with E-state index in [1.54, 1.807) is 23.0 Å². The van der Waals surface area contributed by atoms with E-state index in [2.05, 4.69) is 26.9 Å². The van der Waals surface area contributed by atoms with Crippen LogP contribution in [0.3, 0.4) is 0 Å². The van der Waals surface area contributed by atoms with Gasteiger partial charge in [0.1, 0.15) is 11.3 Å². The first-order valence-electron chi connectivity index (χ1n) is 13.5. The molecule has 10 heteroatoms. The second kappa shape index (κ2) is 9.85. The zero-order valence-electron chi connectivity index (χ0n) is 21.2. The Hall–Kier alpha value is -3.76. The molecule has 4 heterocycles. The molecule has 3 aliphatic rings. The standard InChI is InChI=1S/C28H31N7O3/c36-28(23-14-31-35-9-1-8-30-27(23)35)32-25-10-20-16-34(33-24(20)11-26(25)37-17-19-2-3-19)15-18-4-6-21(7-5-18)38-22-12-29-13-22/h1,8-11,14-16,19,21-22,29H,2-7,12-13,17H2,(H,32,36). The van der Waals surface area contributed by atoms with Crippen molar-refractivity contribution in [1.29, 1.82) is 0 Å². The van der Waals surface area contributed by atoms with Crippen LogP contribution in [0.15, 0.2) is 48.6 Å². The summed E-state index contributed by atoms with van der Waals surface area (Å²) >= 11 is 0. The number of rotatable bonds is 8. The Kier molecular flexibility index (Phi) is 6.05. The first-order chi connectivity index (χ1) is 18.7. The topological polar surface area (TPSA) is 108 Å². The monoisotopic (exact) mass is 513 g/mol. The molecule has 1 aromatic carbocycles. The van der Waals surface area contributed by atoms with Crippen molar-refractivity contribution in [3.63, 3.8) is 0 Å². The van der Waals surface area contributed by atoms with Crippen molar-refractivity contribution >= 4 is 34.3 Å². The third-order valence-electron chi connectivity index (χ3n) is 7.59. The lowest BCUT2D eigenvalue weighted by atomic mass is 9.93. The highest BCUT2D eigenvalue weighted by Gasteiger charge is 2.25. The number of carbonyl (C=O) groups is 1. The van der Waals surface area contributed by atoms with Crippen molar-refractivity contribution < 1.29 is 14.3 Å². The third kappa shape index (κ3) is 4.89.